The van der Waals surface area contributed by atoms with Crippen LogP contribution in [0, 0.1) is 0 Å². The zero-order valence-electron chi connectivity index (χ0n) is 20.2. The number of fused-ring (bicyclic) bond motifs is 2. The van der Waals surface area contributed by atoms with E-state index in [2.05, 4.69) is 15.3 Å². The third-order valence-electron chi connectivity index (χ3n) is 5.96. The summed E-state index contributed by atoms with van der Waals surface area (Å²) < 4.78 is 61.5. The first-order chi connectivity index (χ1) is 18.2. The molecule has 0 spiro atoms. The number of alkyl halides is 3. The summed E-state index contributed by atoms with van der Waals surface area (Å²) in [6.07, 6.45) is -3.10. The van der Waals surface area contributed by atoms with E-state index >= 15 is 0 Å². The van der Waals surface area contributed by atoms with Crippen molar-refractivity contribution in [2.75, 3.05) is 14.2 Å². The van der Waals surface area contributed by atoms with Crippen molar-refractivity contribution in [1.29, 1.82) is 0 Å². The fraction of sp³-hybridized carbons (Fsp3) is 0.192. The minimum Gasteiger partial charge on any atom is -0.497 e. The second-order valence-corrected chi connectivity index (χ2v) is 8.21. The van der Waals surface area contributed by atoms with Gasteiger partial charge in [-0.25, -0.2) is 9.97 Å². The van der Waals surface area contributed by atoms with Crippen LogP contribution in [0.1, 0.15) is 27.5 Å². The third-order valence-corrected chi connectivity index (χ3v) is 5.96. The molecule has 1 amide bonds. The van der Waals surface area contributed by atoms with Crippen LogP contribution >= 0.6 is 0 Å². The van der Waals surface area contributed by atoms with E-state index in [4.69, 9.17) is 24.0 Å². The van der Waals surface area contributed by atoms with Crippen LogP contribution in [-0.4, -0.2) is 30.1 Å². The van der Waals surface area contributed by atoms with Gasteiger partial charge in [0.15, 0.2) is 11.5 Å². The molecule has 0 aliphatic heterocycles. The largest absolute Gasteiger partial charge is 0.497 e. The standard InChI is InChI=1S/C26H21F3N4O5/c1-35-14-3-6-18-17(9-14)13(12-37-18)11-31-24(34)23-20(10-30)38-25(33-23)16-4-7-19(36-2)22-15(16)5-8-21(32-22)26(27,28)29/h3-9,12H,10-11,30H2,1-2H3,(H,31,34). The molecule has 196 valence electrons. The number of nitrogens with zero attached hydrogens (tertiary/aromatic N) is 2. The molecule has 0 aliphatic rings. The zero-order valence-corrected chi connectivity index (χ0v) is 20.2. The maximum atomic E-state index is 13.3. The third kappa shape index (κ3) is 4.50. The normalized spacial score (nSPS) is 11.7. The number of amides is 1. The van der Waals surface area contributed by atoms with Crippen molar-refractivity contribution in [3.63, 3.8) is 0 Å². The van der Waals surface area contributed by atoms with Gasteiger partial charge in [-0.2, -0.15) is 13.2 Å². The van der Waals surface area contributed by atoms with Gasteiger partial charge in [-0.1, -0.05) is 0 Å². The van der Waals surface area contributed by atoms with Crippen molar-refractivity contribution in [2.45, 2.75) is 19.3 Å². The molecule has 9 nitrogen and oxygen atoms in total. The number of hydrogen-bond donors (Lipinski definition) is 2. The smallest absolute Gasteiger partial charge is 0.433 e. The number of rotatable bonds is 7. The second-order valence-electron chi connectivity index (χ2n) is 8.21. The number of oxazole rings is 1. The Balaban J connectivity index is 1.47. The Kier molecular flexibility index (Phi) is 6.41. The molecule has 0 fully saturated rings. The van der Waals surface area contributed by atoms with Crippen LogP contribution < -0.4 is 20.5 Å². The van der Waals surface area contributed by atoms with Gasteiger partial charge >= 0.3 is 6.18 Å². The Morgan fingerprint density at radius 1 is 1.05 bits per heavy atom. The first-order valence-corrected chi connectivity index (χ1v) is 11.3. The van der Waals surface area contributed by atoms with Gasteiger partial charge in [0, 0.05) is 28.4 Å². The molecule has 12 heteroatoms. The van der Waals surface area contributed by atoms with Gasteiger partial charge < -0.3 is 29.4 Å². The maximum Gasteiger partial charge on any atom is 0.433 e. The van der Waals surface area contributed by atoms with Gasteiger partial charge in [0.1, 0.15) is 28.3 Å². The molecule has 0 saturated carbocycles. The van der Waals surface area contributed by atoms with E-state index in [1.54, 1.807) is 31.4 Å². The number of nitrogens with one attached hydrogen (secondary N) is 1. The van der Waals surface area contributed by atoms with Crippen LogP contribution in [0.15, 0.2) is 57.6 Å². The predicted octanol–water partition coefficient (Wildman–Crippen LogP) is 5.06. The summed E-state index contributed by atoms with van der Waals surface area (Å²) >= 11 is 0. The number of methoxy groups -OCH3 is 2. The Morgan fingerprint density at radius 3 is 2.58 bits per heavy atom. The summed E-state index contributed by atoms with van der Waals surface area (Å²) in [6.45, 7) is -0.00698. The maximum absolute atomic E-state index is 13.3. The average Bonchev–Trinajstić information content (AvgIpc) is 3.54. The summed E-state index contributed by atoms with van der Waals surface area (Å²) in [6, 6.07) is 10.5. The van der Waals surface area contributed by atoms with Crippen molar-refractivity contribution >= 4 is 27.8 Å². The Bertz CT molecular complexity index is 1660. The van der Waals surface area contributed by atoms with Crippen molar-refractivity contribution in [1.82, 2.24) is 15.3 Å². The van der Waals surface area contributed by atoms with Gasteiger partial charge in [-0.05, 0) is 42.5 Å². The lowest BCUT2D eigenvalue weighted by Crippen LogP contribution is -2.24. The molecular formula is C26H21F3N4O5. The molecular weight excluding hydrogens is 505 g/mol. The van der Waals surface area contributed by atoms with Crippen molar-refractivity contribution in [3.8, 4) is 23.0 Å². The number of pyridine rings is 1. The van der Waals surface area contributed by atoms with Crippen LogP contribution in [0.25, 0.3) is 33.3 Å². The first-order valence-electron chi connectivity index (χ1n) is 11.3. The summed E-state index contributed by atoms with van der Waals surface area (Å²) in [5, 5.41) is 3.85. The van der Waals surface area contributed by atoms with E-state index in [9.17, 15) is 18.0 Å². The molecule has 5 rings (SSSR count). The quantitative estimate of drug-likeness (QED) is 0.301. The number of nitrogens with two attached hydrogens (primary N) is 1. The van der Waals surface area contributed by atoms with Crippen LogP contribution in [-0.2, 0) is 19.3 Å². The molecule has 38 heavy (non-hydrogen) atoms. The SMILES string of the molecule is COc1ccc2occ(CNC(=O)c3nc(-c4ccc(OC)c5nc(C(F)(F)F)ccc45)oc3CN)c2c1. The Labute approximate surface area is 213 Å². The number of ether oxygens (including phenoxy) is 2. The van der Waals surface area contributed by atoms with Gasteiger partial charge in [0.05, 0.1) is 27.0 Å². The van der Waals surface area contributed by atoms with E-state index in [1.165, 1.54) is 25.5 Å². The van der Waals surface area contributed by atoms with Crippen LogP contribution in [0.4, 0.5) is 13.2 Å². The number of benzene rings is 2. The number of aromatic nitrogens is 2. The van der Waals surface area contributed by atoms with Crippen molar-refractivity contribution in [2.24, 2.45) is 5.73 Å². The highest BCUT2D eigenvalue weighted by Gasteiger charge is 2.33. The lowest BCUT2D eigenvalue weighted by atomic mass is 10.1. The highest BCUT2D eigenvalue weighted by molar-refractivity contribution is 5.98. The number of halogens is 3. The fourth-order valence-electron chi connectivity index (χ4n) is 4.07. The number of furan rings is 1. The minimum atomic E-state index is -4.64. The topological polar surface area (TPSA) is 126 Å². The summed E-state index contributed by atoms with van der Waals surface area (Å²) in [7, 11) is 2.88. The molecule has 2 aromatic carbocycles. The van der Waals surface area contributed by atoms with Crippen molar-refractivity contribution in [3.05, 3.63) is 71.4 Å². The van der Waals surface area contributed by atoms with Gasteiger partial charge in [-0.15, -0.1) is 0 Å². The molecule has 5 aromatic rings. The highest BCUT2D eigenvalue weighted by Crippen LogP contribution is 2.37. The molecule has 0 atom stereocenters. The van der Waals surface area contributed by atoms with E-state index in [0.717, 1.165) is 17.0 Å². The molecule has 3 aromatic heterocycles. The van der Waals surface area contributed by atoms with Crippen LogP contribution in [0.2, 0.25) is 0 Å². The molecule has 3 N–H and O–H groups in total. The summed E-state index contributed by atoms with van der Waals surface area (Å²) in [5.41, 5.74) is 6.34. The average molecular weight is 526 g/mol. The fourth-order valence-corrected chi connectivity index (χ4v) is 4.07. The predicted molar refractivity (Wildman–Crippen MR) is 131 cm³/mol. The lowest BCUT2D eigenvalue weighted by molar-refractivity contribution is -0.140. The first kappa shape index (κ1) is 25.1. The van der Waals surface area contributed by atoms with Crippen molar-refractivity contribution < 1.29 is 36.3 Å². The molecule has 0 radical (unpaired) electrons. The van der Waals surface area contributed by atoms with Crippen LogP contribution in [0.3, 0.4) is 0 Å². The monoisotopic (exact) mass is 526 g/mol. The van der Waals surface area contributed by atoms with E-state index in [-0.39, 0.29) is 41.7 Å². The number of carbonyl (C=O) groups excluding carboxylic acids is 1. The number of hydrogen-bond acceptors (Lipinski definition) is 8. The van der Waals surface area contributed by atoms with Crippen LogP contribution in [0.5, 0.6) is 11.5 Å². The highest BCUT2D eigenvalue weighted by atomic mass is 19.4. The Morgan fingerprint density at radius 2 is 1.87 bits per heavy atom. The summed E-state index contributed by atoms with van der Waals surface area (Å²) in [4.78, 5) is 21.1. The minimum absolute atomic E-state index is 0.00306. The molecule has 0 saturated heterocycles. The lowest BCUT2D eigenvalue weighted by Gasteiger charge is -2.11. The van der Waals surface area contributed by atoms with Gasteiger partial charge in [0.2, 0.25) is 5.89 Å². The molecule has 0 unspecified atom stereocenters. The summed E-state index contributed by atoms with van der Waals surface area (Å²) in [5.74, 6) is 0.348. The van der Waals surface area contributed by atoms with E-state index in [0.29, 0.717) is 22.3 Å². The second kappa shape index (κ2) is 9.71. The zero-order chi connectivity index (χ0) is 27.0. The number of carbonyl (C=O) groups is 1. The molecule has 0 aliphatic carbocycles. The Hall–Kier alpha value is -4.58. The molecule has 0 bridgehead atoms. The van der Waals surface area contributed by atoms with E-state index < -0.39 is 17.8 Å². The van der Waals surface area contributed by atoms with E-state index in [1.807, 2.05) is 0 Å². The van der Waals surface area contributed by atoms with Gasteiger partial charge in [0.25, 0.3) is 5.91 Å². The molecule has 3 heterocycles. The van der Waals surface area contributed by atoms with Gasteiger partial charge in [-0.3, -0.25) is 4.79 Å².